The van der Waals surface area contributed by atoms with Crippen molar-refractivity contribution < 1.29 is 9.90 Å². The maximum absolute atomic E-state index is 10.1. The molecule has 0 aromatic heterocycles. The normalized spacial score (nSPS) is 13.0. The van der Waals surface area contributed by atoms with Gasteiger partial charge >= 0.3 is 5.97 Å². The summed E-state index contributed by atoms with van der Waals surface area (Å²) in [5.74, 6) is -0.265. The lowest BCUT2D eigenvalue weighted by Gasteiger charge is -2.08. The Kier molecular flexibility index (Phi) is 5.35. The van der Waals surface area contributed by atoms with E-state index in [-0.39, 0.29) is 12.5 Å². The second-order valence-corrected chi connectivity index (χ2v) is 2.52. The number of hydrogen-bond donors (Lipinski definition) is 2. The molecule has 0 heterocycles. The Hall–Kier alpha value is -0.280. The zero-order chi connectivity index (χ0) is 7.98. The average Bonchev–Trinajstić information content (AvgIpc) is 1.82. The van der Waals surface area contributed by atoms with Crippen molar-refractivity contribution in [2.45, 2.75) is 19.4 Å². The lowest BCUT2D eigenvalue weighted by Crippen LogP contribution is -2.29. The number of hydrogen-bond acceptors (Lipinski definition) is 2. The van der Waals surface area contributed by atoms with Crippen LogP contribution >= 0.6 is 11.6 Å². The molecular weight excluding hydrogens is 154 g/mol. The number of carboxylic acids is 1. The third kappa shape index (κ3) is 5.85. The van der Waals surface area contributed by atoms with Crippen LogP contribution in [-0.4, -0.2) is 29.5 Å². The van der Waals surface area contributed by atoms with Gasteiger partial charge in [-0.1, -0.05) is 0 Å². The number of rotatable bonds is 5. The van der Waals surface area contributed by atoms with Crippen molar-refractivity contribution in [2.24, 2.45) is 0 Å². The van der Waals surface area contributed by atoms with Crippen LogP contribution in [0.1, 0.15) is 13.3 Å². The molecule has 0 spiro atoms. The van der Waals surface area contributed by atoms with E-state index < -0.39 is 5.97 Å². The van der Waals surface area contributed by atoms with Crippen LogP contribution in [0.5, 0.6) is 0 Å². The minimum atomic E-state index is -0.783. The summed E-state index contributed by atoms with van der Waals surface area (Å²) in [7, 11) is 0. The molecule has 4 heteroatoms. The Morgan fingerprint density at radius 3 is 2.80 bits per heavy atom. The maximum Gasteiger partial charge on any atom is 0.304 e. The van der Waals surface area contributed by atoms with Crippen molar-refractivity contribution in [3.05, 3.63) is 0 Å². The molecule has 0 aliphatic carbocycles. The first-order valence-electron chi connectivity index (χ1n) is 3.18. The molecule has 0 aromatic carbocycles. The van der Waals surface area contributed by atoms with Gasteiger partial charge in [-0.2, -0.15) is 0 Å². The summed E-state index contributed by atoms with van der Waals surface area (Å²) in [6, 6.07) is 0.0104. The molecule has 0 amide bonds. The molecule has 0 aliphatic heterocycles. The Balaban J connectivity index is 3.25. The number of aliphatic carboxylic acids is 1. The van der Waals surface area contributed by atoms with E-state index in [1.165, 1.54) is 0 Å². The van der Waals surface area contributed by atoms with Crippen LogP contribution in [-0.2, 0) is 4.79 Å². The zero-order valence-electron chi connectivity index (χ0n) is 5.93. The van der Waals surface area contributed by atoms with E-state index in [1.54, 1.807) is 0 Å². The van der Waals surface area contributed by atoms with E-state index in [9.17, 15) is 4.79 Å². The Labute approximate surface area is 65.4 Å². The van der Waals surface area contributed by atoms with Gasteiger partial charge in [0.25, 0.3) is 0 Å². The first-order chi connectivity index (χ1) is 4.66. The van der Waals surface area contributed by atoms with Crippen LogP contribution in [0.25, 0.3) is 0 Å². The van der Waals surface area contributed by atoms with Crippen LogP contribution in [0.2, 0.25) is 0 Å². The standard InChI is InChI=1S/C6H12ClNO2/c1-5(4-6(9)10)8-3-2-7/h5,8H,2-4H2,1H3,(H,9,10). The second kappa shape index (κ2) is 5.50. The Bertz CT molecular complexity index is 108. The summed E-state index contributed by atoms with van der Waals surface area (Å²) in [5, 5.41) is 11.3. The molecule has 1 atom stereocenters. The van der Waals surface area contributed by atoms with Crippen molar-refractivity contribution in [3.63, 3.8) is 0 Å². The fraction of sp³-hybridized carbons (Fsp3) is 0.833. The zero-order valence-corrected chi connectivity index (χ0v) is 6.69. The number of carbonyl (C=O) groups is 1. The molecule has 10 heavy (non-hydrogen) atoms. The van der Waals surface area contributed by atoms with E-state index in [2.05, 4.69) is 5.32 Å². The molecule has 0 radical (unpaired) electrons. The van der Waals surface area contributed by atoms with Gasteiger partial charge in [-0.05, 0) is 6.92 Å². The highest BCUT2D eigenvalue weighted by molar-refractivity contribution is 6.18. The van der Waals surface area contributed by atoms with Crippen LogP contribution in [0, 0.1) is 0 Å². The van der Waals surface area contributed by atoms with E-state index >= 15 is 0 Å². The maximum atomic E-state index is 10.1. The summed E-state index contributed by atoms with van der Waals surface area (Å²) in [6.07, 6.45) is 0.150. The van der Waals surface area contributed by atoms with Crippen LogP contribution in [0.3, 0.4) is 0 Å². The third-order valence-corrected chi connectivity index (χ3v) is 1.26. The Morgan fingerprint density at radius 2 is 2.40 bits per heavy atom. The minimum absolute atomic E-state index is 0.0104. The van der Waals surface area contributed by atoms with Crippen molar-refractivity contribution >= 4 is 17.6 Å². The largest absolute Gasteiger partial charge is 0.481 e. The third-order valence-electron chi connectivity index (χ3n) is 1.07. The van der Waals surface area contributed by atoms with Gasteiger partial charge in [0.2, 0.25) is 0 Å². The molecule has 0 saturated heterocycles. The smallest absolute Gasteiger partial charge is 0.304 e. The molecule has 1 unspecified atom stereocenters. The molecule has 3 nitrogen and oxygen atoms in total. The Morgan fingerprint density at radius 1 is 1.80 bits per heavy atom. The number of alkyl halides is 1. The van der Waals surface area contributed by atoms with Crippen molar-refractivity contribution in [1.82, 2.24) is 5.32 Å². The molecule has 2 N–H and O–H groups in total. The van der Waals surface area contributed by atoms with Gasteiger partial charge in [0.1, 0.15) is 0 Å². The fourth-order valence-electron chi connectivity index (χ4n) is 0.635. The van der Waals surface area contributed by atoms with E-state index in [1.807, 2.05) is 6.92 Å². The second-order valence-electron chi connectivity index (χ2n) is 2.14. The average molecular weight is 166 g/mol. The molecule has 0 aromatic rings. The highest BCUT2D eigenvalue weighted by Crippen LogP contribution is 1.88. The van der Waals surface area contributed by atoms with E-state index in [4.69, 9.17) is 16.7 Å². The first-order valence-corrected chi connectivity index (χ1v) is 3.71. The molecule has 0 rings (SSSR count). The van der Waals surface area contributed by atoms with Crippen molar-refractivity contribution in [1.29, 1.82) is 0 Å². The minimum Gasteiger partial charge on any atom is -0.481 e. The number of carboxylic acid groups (broad SMARTS) is 1. The summed E-state index contributed by atoms with van der Waals surface area (Å²) in [5.41, 5.74) is 0. The summed E-state index contributed by atoms with van der Waals surface area (Å²) >= 11 is 5.37. The van der Waals surface area contributed by atoms with Crippen LogP contribution in [0.4, 0.5) is 0 Å². The van der Waals surface area contributed by atoms with Gasteiger partial charge in [0.15, 0.2) is 0 Å². The molecule has 0 fully saturated rings. The number of nitrogens with one attached hydrogen (secondary N) is 1. The van der Waals surface area contributed by atoms with Gasteiger partial charge in [-0.25, -0.2) is 0 Å². The highest BCUT2D eigenvalue weighted by atomic mass is 35.5. The lowest BCUT2D eigenvalue weighted by molar-refractivity contribution is -0.137. The molecule has 60 valence electrons. The van der Waals surface area contributed by atoms with Crippen molar-refractivity contribution in [2.75, 3.05) is 12.4 Å². The quantitative estimate of drug-likeness (QED) is 0.589. The van der Waals surface area contributed by atoms with Gasteiger partial charge in [0.05, 0.1) is 6.42 Å². The fourth-order valence-corrected chi connectivity index (χ4v) is 0.744. The van der Waals surface area contributed by atoms with Gasteiger partial charge in [0, 0.05) is 18.5 Å². The molecule has 0 saturated carbocycles. The summed E-state index contributed by atoms with van der Waals surface area (Å²) < 4.78 is 0. The summed E-state index contributed by atoms with van der Waals surface area (Å²) in [4.78, 5) is 10.1. The molecule has 0 aliphatic rings. The summed E-state index contributed by atoms with van der Waals surface area (Å²) in [6.45, 7) is 2.48. The predicted molar refractivity (Wildman–Crippen MR) is 40.4 cm³/mol. The van der Waals surface area contributed by atoms with E-state index in [0.29, 0.717) is 12.4 Å². The first kappa shape index (κ1) is 9.72. The van der Waals surface area contributed by atoms with Crippen molar-refractivity contribution in [3.8, 4) is 0 Å². The van der Waals surface area contributed by atoms with Crippen LogP contribution < -0.4 is 5.32 Å². The van der Waals surface area contributed by atoms with E-state index in [0.717, 1.165) is 0 Å². The molecular formula is C6H12ClNO2. The topological polar surface area (TPSA) is 49.3 Å². The highest BCUT2D eigenvalue weighted by Gasteiger charge is 2.04. The predicted octanol–water partition coefficient (Wildman–Crippen LogP) is 0.678. The lowest BCUT2D eigenvalue weighted by atomic mass is 10.2. The molecule has 0 bridgehead atoms. The SMILES string of the molecule is CC(CC(=O)O)NCCCl. The number of halogens is 1. The van der Waals surface area contributed by atoms with Gasteiger partial charge < -0.3 is 10.4 Å². The van der Waals surface area contributed by atoms with Gasteiger partial charge in [-0.3, -0.25) is 4.79 Å². The monoisotopic (exact) mass is 165 g/mol. The van der Waals surface area contributed by atoms with Gasteiger partial charge in [-0.15, -0.1) is 11.6 Å². The van der Waals surface area contributed by atoms with Crippen LogP contribution in [0.15, 0.2) is 0 Å².